The van der Waals surface area contributed by atoms with Crippen molar-refractivity contribution in [3.8, 4) is 5.75 Å². The van der Waals surface area contributed by atoms with Gasteiger partial charge in [0, 0.05) is 23.7 Å². The number of rotatable bonds is 6. The molecule has 144 valence electrons. The van der Waals surface area contributed by atoms with Gasteiger partial charge in [-0.15, -0.1) is 0 Å². The number of aromatic nitrogens is 3. The van der Waals surface area contributed by atoms with Crippen molar-refractivity contribution >= 4 is 23.2 Å². The standard InChI is InChI=1S/C21H21ClN4O2/c1-28-17-5-2-4-15(12-17)19-13-18(14-7-9-16(22)10-8-14)23-21-24-20(6-3-11-27)25-26(19)21/h2,4-5,7-10,12-13,19,27H,3,6,11H2,1H3,(H,23,24,25). The van der Waals surface area contributed by atoms with E-state index in [2.05, 4.69) is 21.5 Å². The van der Waals surface area contributed by atoms with Crippen LogP contribution >= 0.6 is 11.6 Å². The van der Waals surface area contributed by atoms with Gasteiger partial charge in [0.1, 0.15) is 11.8 Å². The molecule has 28 heavy (non-hydrogen) atoms. The van der Waals surface area contributed by atoms with Gasteiger partial charge in [0.25, 0.3) is 0 Å². The molecule has 1 atom stereocenters. The fraction of sp³-hybridized carbons (Fsp3) is 0.238. The van der Waals surface area contributed by atoms with Gasteiger partial charge in [-0.3, -0.25) is 0 Å². The minimum absolute atomic E-state index is 0.116. The number of methoxy groups -OCH3 is 1. The van der Waals surface area contributed by atoms with E-state index in [-0.39, 0.29) is 12.6 Å². The Balaban J connectivity index is 1.77. The minimum Gasteiger partial charge on any atom is -0.497 e. The van der Waals surface area contributed by atoms with E-state index in [1.54, 1.807) is 7.11 Å². The molecule has 0 spiro atoms. The predicted molar refractivity (Wildman–Crippen MR) is 110 cm³/mol. The minimum atomic E-state index is -0.132. The van der Waals surface area contributed by atoms with E-state index in [0.717, 1.165) is 22.6 Å². The van der Waals surface area contributed by atoms with Crippen LogP contribution in [0, 0.1) is 0 Å². The van der Waals surface area contributed by atoms with E-state index in [1.165, 1.54) is 0 Å². The van der Waals surface area contributed by atoms with Crippen molar-refractivity contribution in [2.75, 3.05) is 19.0 Å². The molecule has 7 heteroatoms. The van der Waals surface area contributed by atoms with Crippen LogP contribution in [0.15, 0.2) is 54.6 Å². The SMILES string of the molecule is COc1cccc(C2C=C(c3ccc(Cl)cc3)Nc3nc(CCCO)nn32)c1. The number of nitrogens with one attached hydrogen (secondary N) is 1. The third-order valence-corrected chi connectivity index (χ3v) is 4.91. The van der Waals surface area contributed by atoms with Crippen LogP contribution in [0.1, 0.15) is 29.4 Å². The Hall–Kier alpha value is -2.83. The lowest BCUT2D eigenvalue weighted by molar-refractivity contribution is 0.287. The molecular formula is C21H21ClN4O2. The van der Waals surface area contributed by atoms with Crippen LogP contribution in [0.2, 0.25) is 5.02 Å². The number of fused-ring (bicyclic) bond motifs is 1. The first-order chi connectivity index (χ1) is 13.7. The summed E-state index contributed by atoms with van der Waals surface area (Å²) in [4.78, 5) is 4.63. The average molecular weight is 397 g/mol. The Labute approximate surface area is 168 Å². The molecule has 0 saturated heterocycles. The molecule has 1 aliphatic rings. The first-order valence-corrected chi connectivity index (χ1v) is 9.51. The molecule has 2 heterocycles. The molecular weight excluding hydrogens is 376 g/mol. The summed E-state index contributed by atoms with van der Waals surface area (Å²) in [5.41, 5.74) is 3.01. The van der Waals surface area contributed by atoms with Crippen LogP contribution in [-0.2, 0) is 6.42 Å². The lowest BCUT2D eigenvalue weighted by Crippen LogP contribution is -2.20. The second kappa shape index (κ2) is 8.04. The zero-order valence-corrected chi connectivity index (χ0v) is 16.2. The number of allylic oxidation sites excluding steroid dienone is 1. The van der Waals surface area contributed by atoms with Gasteiger partial charge in [0.2, 0.25) is 5.95 Å². The van der Waals surface area contributed by atoms with Crippen LogP contribution in [-0.4, -0.2) is 33.6 Å². The zero-order chi connectivity index (χ0) is 19.5. The van der Waals surface area contributed by atoms with Gasteiger partial charge >= 0.3 is 0 Å². The number of halogens is 1. The number of hydrogen-bond acceptors (Lipinski definition) is 5. The molecule has 6 nitrogen and oxygen atoms in total. The smallest absolute Gasteiger partial charge is 0.226 e. The highest BCUT2D eigenvalue weighted by atomic mass is 35.5. The first-order valence-electron chi connectivity index (χ1n) is 9.13. The van der Waals surface area contributed by atoms with Crippen molar-refractivity contribution in [2.24, 2.45) is 0 Å². The van der Waals surface area contributed by atoms with Gasteiger partial charge < -0.3 is 15.2 Å². The Morgan fingerprint density at radius 2 is 2.04 bits per heavy atom. The summed E-state index contributed by atoms with van der Waals surface area (Å²) in [7, 11) is 1.66. The summed E-state index contributed by atoms with van der Waals surface area (Å²) in [6.07, 6.45) is 3.37. The van der Waals surface area contributed by atoms with E-state index in [9.17, 15) is 0 Å². The largest absolute Gasteiger partial charge is 0.497 e. The van der Waals surface area contributed by atoms with Crippen LogP contribution < -0.4 is 10.1 Å². The predicted octanol–water partition coefficient (Wildman–Crippen LogP) is 3.92. The van der Waals surface area contributed by atoms with E-state index in [1.807, 2.05) is 53.2 Å². The second-order valence-corrected chi connectivity index (χ2v) is 6.99. The van der Waals surface area contributed by atoms with Crippen LogP contribution in [0.4, 0.5) is 5.95 Å². The van der Waals surface area contributed by atoms with Gasteiger partial charge in [-0.1, -0.05) is 35.9 Å². The van der Waals surface area contributed by atoms with E-state index in [0.29, 0.717) is 29.6 Å². The number of hydrogen-bond donors (Lipinski definition) is 2. The molecule has 2 aromatic carbocycles. The second-order valence-electron chi connectivity index (χ2n) is 6.56. The zero-order valence-electron chi connectivity index (χ0n) is 15.5. The van der Waals surface area contributed by atoms with E-state index in [4.69, 9.17) is 21.4 Å². The maximum absolute atomic E-state index is 9.12. The molecule has 1 aromatic heterocycles. The van der Waals surface area contributed by atoms with E-state index >= 15 is 0 Å². The summed E-state index contributed by atoms with van der Waals surface area (Å²) >= 11 is 6.04. The number of aryl methyl sites for hydroxylation is 1. The lowest BCUT2D eigenvalue weighted by atomic mass is 10.0. The van der Waals surface area contributed by atoms with Gasteiger partial charge in [-0.2, -0.15) is 10.1 Å². The van der Waals surface area contributed by atoms with Crippen molar-refractivity contribution in [2.45, 2.75) is 18.9 Å². The normalized spacial score (nSPS) is 15.5. The van der Waals surface area contributed by atoms with Gasteiger partial charge in [0.05, 0.1) is 7.11 Å². The highest BCUT2D eigenvalue weighted by Crippen LogP contribution is 2.34. The number of anilines is 1. The topological polar surface area (TPSA) is 72.2 Å². The van der Waals surface area contributed by atoms with Crippen LogP contribution in [0.25, 0.3) is 5.70 Å². The quantitative estimate of drug-likeness (QED) is 0.660. The Bertz CT molecular complexity index is 998. The molecule has 1 unspecified atom stereocenters. The van der Waals surface area contributed by atoms with Gasteiger partial charge in [-0.05, 0) is 47.9 Å². The summed E-state index contributed by atoms with van der Waals surface area (Å²) in [6, 6.07) is 15.5. The van der Waals surface area contributed by atoms with Gasteiger partial charge in [-0.25, -0.2) is 4.68 Å². The van der Waals surface area contributed by atoms with Crippen LogP contribution in [0.3, 0.4) is 0 Å². The number of aliphatic hydroxyl groups excluding tert-OH is 1. The molecule has 0 bridgehead atoms. The summed E-state index contributed by atoms with van der Waals surface area (Å²) < 4.78 is 7.27. The maximum atomic E-state index is 9.12. The lowest BCUT2D eigenvalue weighted by Gasteiger charge is -2.24. The van der Waals surface area contributed by atoms with Crippen molar-refractivity contribution in [3.63, 3.8) is 0 Å². The highest BCUT2D eigenvalue weighted by Gasteiger charge is 2.25. The van der Waals surface area contributed by atoms with E-state index < -0.39 is 0 Å². The molecule has 0 saturated carbocycles. The maximum Gasteiger partial charge on any atom is 0.226 e. The Kier molecular flexibility index (Phi) is 5.32. The molecule has 1 aliphatic heterocycles. The first kappa shape index (κ1) is 18.5. The van der Waals surface area contributed by atoms with Crippen molar-refractivity contribution in [1.29, 1.82) is 0 Å². The van der Waals surface area contributed by atoms with Gasteiger partial charge in [0.15, 0.2) is 5.82 Å². The summed E-state index contributed by atoms with van der Waals surface area (Å²) in [5.74, 6) is 2.17. The number of benzene rings is 2. The van der Waals surface area contributed by atoms with Crippen molar-refractivity contribution in [3.05, 3.63) is 76.6 Å². The number of nitrogens with zero attached hydrogens (tertiary/aromatic N) is 3. The third-order valence-electron chi connectivity index (χ3n) is 4.66. The molecule has 4 rings (SSSR count). The molecule has 0 aliphatic carbocycles. The average Bonchev–Trinajstić information content (AvgIpc) is 3.15. The van der Waals surface area contributed by atoms with Crippen molar-refractivity contribution < 1.29 is 9.84 Å². The molecule has 0 amide bonds. The van der Waals surface area contributed by atoms with Crippen molar-refractivity contribution in [1.82, 2.24) is 14.8 Å². The molecule has 0 fully saturated rings. The van der Waals surface area contributed by atoms with Crippen LogP contribution in [0.5, 0.6) is 5.75 Å². The Morgan fingerprint density at radius 3 is 2.79 bits per heavy atom. The third kappa shape index (κ3) is 3.74. The number of aliphatic hydroxyl groups is 1. The number of ether oxygens (including phenoxy) is 1. The fourth-order valence-electron chi connectivity index (χ4n) is 3.24. The Morgan fingerprint density at radius 1 is 1.21 bits per heavy atom. The molecule has 3 aromatic rings. The summed E-state index contributed by atoms with van der Waals surface area (Å²) in [6.45, 7) is 0.116. The highest BCUT2D eigenvalue weighted by molar-refractivity contribution is 6.30. The summed E-state index contributed by atoms with van der Waals surface area (Å²) in [5, 5.41) is 17.9. The molecule has 0 radical (unpaired) electrons. The fourth-order valence-corrected chi connectivity index (χ4v) is 3.37. The monoisotopic (exact) mass is 396 g/mol. The molecule has 2 N–H and O–H groups in total.